The number of piperazine rings is 1. The van der Waals surface area contributed by atoms with E-state index in [1.807, 2.05) is 43.3 Å². The molecule has 1 N–H and O–H groups in total. The number of rotatable bonds is 4. The van der Waals surface area contributed by atoms with E-state index in [-0.39, 0.29) is 11.8 Å². The molecule has 24 heavy (non-hydrogen) atoms. The molecule has 1 aromatic carbocycles. The lowest BCUT2D eigenvalue weighted by Crippen LogP contribution is -2.61. The van der Waals surface area contributed by atoms with E-state index < -0.39 is 6.04 Å². The van der Waals surface area contributed by atoms with E-state index in [0.717, 1.165) is 12.2 Å². The second kappa shape index (κ2) is 7.66. The van der Waals surface area contributed by atoms with Crippen molar-refractivity contribution in [3.63, 3.8) is 0 Å². The molecule has 0 aromatic heterocycles. The minimum Gasteiger partial charge on any atom is -0.378 e. The van der Waals surface area contributed by atoms with Gasteiger partial charge >= 0.3 is 0 Å². The molecule has 0 saturated carbocycles. The van der Waals surface area contributed by atoms with E-state index in [9.17, 15) is 9.59 Å². The number of carbonyl (C=O) groups excluding carboxylic acids is 2. The SMILES string of the molecule is CNC(=O)[C@@H]1CN(C(C)C)CCN1C(=O)c1cccc(N(C)C)c1. The van der Waals surface area contributed by atoms with Crippen molar-refractivity contribution in [3.05, 3.63) is 29.8 Å². The van der Waals surface area contributed by atoms with Crippen LogP contribution in [0.25, 0.3) is 0 Å². The predicted molar refractivity (Wildman–Crippen MR) is 96.4 cm³/mol. The van der Waals surface area contributed by atoms with Crippen molar-refractivity contribution in [2.45, 2.75) is 25.9 Å². The highest BCUT2D eigenvalue weighted by molar-refractivity contribution is 5.98. The summed E-state index contributed by atoms with van der Waals surface area (Å²) in [5.41, 5.74) is 1.59. The number of amides is 2. The molecule has 2 amide bonds. The van der Waals surface area contributed by atoms with E-state index in [0.29, 0.717) is 24.7 Å². The Hall–Kier alpha value is -2.08. The molecule has 0 radical (unpaired) electrons. The summed E-state index contributed by atoms with van der Waals surface area (Å²) in [5, 5.41) is 2.69. The Morgan fingerprint density at radius 3 is 2.54 bits per heavy atom. The van der Waals surface area contributed by atoms with Crippen molar-refractivity contribution in [2.75, 3.05) is 45.7 Å². The number of anilines is 1. The maximum absolute atomic E-state index is 13.0. The van der Waals surface area contributed by atoms with Gasteiger partial charge in [0.15, 0.2) is 0 Å². The maximum Gasteiger partial charge on any atom is 0.254 e. The second-order valence-corrected chi connectivity index (χ2v) is 6.66. The van der Waals surface area contributed by atoms with Crippen LogP contribution in [0.4, 0.5) is 5.69 Å². The highest BCUT2D eigenvalue weighted by atomic mass is 16.2. The summed E-state index contributed by atoms with van der Waals surface area (Å²) in [7, 11) is 5.50. The molecule has 0 unspecified atom stereocenters. The van der Waals surface area contributed by atoms with Crippen LogP contribution in [-0.4, -0.2) is 74.5 Å². The first-order valence-electron chi connectivity index (χ1n) is 8.39. The molecular weight excluding hydrogens is 304 g/mol. The third kappa shape index (κ3) is 3.87. The molecule has 0 spiro atoms. The maximum atomic E-state index is 13.0. The largest absolute Gasteiger partial charge is 0.378 e. The molecule has 6 nitrogen and oxygen atoms in total. The topological polar surface area (TPSA) is 55.9 Å². The fraction of sp³-hybridized carbons (Fsp3) is 0.556. The number of hydrogen-bond acceptors (Lipinski definition) is 4. The third-order valence-corrected chi connectivity index (χ3v) is 4.56. The molecule has 1 aliphatic rings. The van der Waals surface area contributed by atoms with E-state index in [1.54, 1.807) is 11.9 Å². The normalized spacial score (nSPS) is 18.6. The summed E-state index contributed by atoms with van der Waals surface area (Å²) in [4.78, 5) is 31.2. The van der Waals surface area contributed by atoms with E-state index in [2.05, 4.69) is 24.1 Å². The average molecular weight is 332 g/mol. The van der Waals surface area contributed by atoms with Gasteiger partial charge in [0.1, 0.15) is 6.04 Å². The molecule has 1 fully saturated rings. The van der Waals surface area contributed by atoms with Crippen molar-refractivity contribution in [1.29, 1.82) is 0 Å². The van der Waals surface area contributed by atoms with Gasteiger partial charge < -0.3 is 15.1 Å². The van der Waals surface area contributed by atoms with Crippen LogP contribution in [0.2, 0.25) is 0 Å². The van der Waals surface area contributed by atoms with Gasteiger partial charge in [-0.25, -0.2) is 0 Å². The Bertz CT molecular complexity index is 600. The molecular formula is C18H28N4O2. The first kappa shape index (κ1) is 18.3. The number of carbonyl (C=O) groups is 2. The van der Waals surface area contributed by atoms with E-state index in [4.69, 9.17) is 0 Å². The minimum atomic E-state index is -0.457. The van der Waals surface area contributed by atoms with Gasteiger partial charge in [-0.15, -0.1) is 0 Å². The van der Waals surface area contributed by atoms with Crippen LogP contribution in [-0.2, 0) is 4.79 Å². The molecule has 1 saturated heterocycles. The fourth-order valence-electron chi connectivity index (χ4n) is 2.99. The Kier molecular flexibility index (Phi) is 5.83. The van der Waals surface area contributed by atoms with Crippen molar-refractivity contribution >= 4 is 17.5 Å². The van der Waals surface area contributed by atoms with Crippen LogP contribution in [0.1, 0.15) is 24.2 Å². The predicted octanol–water partition coefficient (Wildman–Crippen LogP) is 1.03. The third-order valence-electron chi connectivity index (χ3n) is 4.56. The summed E-state index contributed by atoms with van der Waals surface area (Å²) >= 11 is 0. The zero-order valence-corrected chi connectivity index (χ0v) is 15.2. The first-order valence-corrected chi connectivity index (χ1v) is 8.39. The standard InChI is InChI=1S/C18H28N4O2/c1-13(2)21-9-10-22(16(12-21)17(23)19-3)18(24)14-7-6-8-15(11-14)20(4)5/h6-8,11,13,16H,9-10,12H2,1-5H3,(H,19,23)/t16-/m0/s1. The summed E-state index contributed by atoms with van der Waals surface area (Å²) in [6.07, 6.45) is 0. The minimum absolute atomic E-state index is 0.0873. The van der Waals surface area contributed by atoms with Crippen LogP contribution in [0.3, 0.4) is 0 Å². The van der Waals surface area contributed by atoms with Gasteiger partial charge in [0.25, 0.3) is 5.91 Å². The molecule has 132 valence electrons. The quantitative estimate of drug-likeness (QED) is 0.895. The molecule has 6 heteroatoms. The monoisotopic (exact) mass is 332 g/mol. The summed E-state index contributed by atoms with van der Waals surface area (Å²) < 4.78 is 0. The van der Waals surface area contributed by atoms with Crippen LogP contribution in [0.15, 0.2) is 24.3 Å². The number of nitrogens with one attached hydrogen (secondary N) is 1. The lowest BCUT2D eigenvalue weighted by Gasteiger charge is -2.42. The molecule has 0 aliphatic carbocycles. The number of benzene rings is 1. The smallest absolute Gasteiger partial charge is 0.254 e. The van der Waals surface area contributed by atoms with E-state index in [1.165, 1.54) is 0 Å². The van der Waals surface area contributed by atoms with Gasteiger partial charge in [0.2, 0.25) is 5.91 Å². The molecule has 0 bridgehead atoms. The molecule has 2 rings (SSSR count). The Labute approximate surface area is 144 Å². The Balaban J connectivity index is 2.26. The van der Waals surface area contributed by atoms with Gasteiger partial charge in [-0.05, 0) is 32.0 Å². The number of likely N-dealkylation sites (N-methyl/N-ethyl adjacent to an activating group) is 1. The van der Waals surface area contributed by atoms with Gasteiger partial charge in [0.05, 0.1) is 0 Å². The molecule has 1 aliphatic heterocycles. The zero-order valence-electron chi connectivity index (χ0n) is 15.2. The highest BCUT2D eigenvalue weighted by Crippen LogP contribution is 2.19. The van der Waals surface area contributed by atoms with Crippen LogP contribution >= 0.6 is 0 Å². The van der Waals surface area contributed by atoms with Gasteiger partial charge in [-0.2, -0.15) is 0 Å². The summed E-state index contributed by atoms with van der Waals surface area (Å²) in [6.45, 7) is 6.12. The fourth-order valence-corrected chi connectivity index (χ4v) is 2.99. The van der Waals surface area contributed by atoms with Crippen molar-refractivity contribution < 1.29 is 9.59 Å². The lowest BCUT2D eigenvalue weighted by atomic mass is 10.1. The molecule has 1 heterocycles. The Morgan fingerprint density at radius 1 is 1.25 bits per heavy atom. The van der Waals surface area contributed by atoms with Crippen LogP contribution in [0, 0.1) is 0 Å². The lowest BCUT2D eigenvalue weighted by molar-refractivity contribution is -0.127. The first-order chi connectivity index (χ1) is 11.3. The van der Waals surface area contributed by atoms with Crippen LogP contribution in [0.5, 0.6) is 0 Å². The highest BCUT2D eigenvalue weighted by Gasteiger charge is 2.36. The van der Waals surface area contributed by atoms with Crippen LogP contribution < -0.4 is 10.2 Å². The summed E-state index contributed by atoms with van der Waals surface area (Å²) in [5.74, 6) is -0.201. The zero-order chi connectivity index (χ0) is 17.9. The summed E-state index contributed by atoms with van der Waals surface area (Å²) in [6, 6.07) is 7.42. The molecule has 1 atom stereocenters. The van der Waals surface area contributed by atoms with Crippen molar-refractivity contribution in [3.8, 4) is 0 Å². The van der Waals surface area contributed by atoms with Crippen molar-refractivity contribution in [1.82, 2.24) is 15.1 Å². The number of nitrogens with zero attached hydrogens (tertiary/aromatic N) is 3. The molecule has 1 aromatic rings. The van der Waals surface area contributed by atoms with Crippen molar-refractivity contribution in [2.24, 2.45) is 0 Å². The Morgan fingerprint density at radius 2 is 1.96 bits per heavy atom. The van der Waals surface area contributed by atoms with E-state index >= 15 is 0 Å². The van der Waals surface area contributed by atoms with Gasteiger partial charge in [-0.1, -0.05) is 6.07 Å². The van der Waals surface area contributed by atoms with Gasteiger partial charge in [0, 0.05) is 58.1 Å². The average Bonchev–Trinajstić information content (AvgIpc) is 2.59. The second-order valence-electron chi connectivity index (χ2n) is 6.66. The number of hydrogen-bond donors (Lipinski definition) is 1. The van der Waals surface area contributed by atoms with Gasteiger partial charge in [-0.3, -0.25) is 14.5 Å².